The van der Waals surface area contributed by atoms with E-state index in [1.54, 1.807) is 18.9 Å². The van der Waals surface area contributed by atoms with Crippen LogP contribution in [0.5, 0.6) is 5.75 Å². The summed E-state index contributed by atoms with van der Waals surface area (Å²) in [5.74, 6) is 1.30. The summed E-state index contributed by atoms with van der Waals surface area (Å²) in [7, 11) is -2.01. The first-order valence-electron chi connectivity index (χ1n) is 10.9. The van der Waals surface area contributed by atoms with E-state index < -0.39 is 16.3 Å². The topological polar surface area (TPSA) is 149 Å². The third kappa shape index (κ3) is 5.19. The number of aromatic amines is 1. The fourth-order valence-corrected chi connectivity index (χ4v) is 6.98. The number of amidine groups is 1. The lowest BCUT2D eigenvalue weighted by molar-refractivity contribution is 0.187. The van der Waals surface area contributed by atoms with Crippen LogP contribution in [0.25, 0.3) is 0 Å². The van der Waals surface area contributed by atoms with Gasteiger partial charge in [-0.05, 0) is 24.8 Å². The molecule has 0 radical (unpaired) electrons. The summed E-state index contributed by atoms with van der Waals surface area (Å²) in [5, 5.41) is 25.6. The molecule has 4 rings (SSSR count). The van der Waals surface area contributed by atoms with E-state index in [1.807, 2.05) is 24.3 Å². The van der Waals surface area contributed by atoms with Crippen LogP contribution in [0.15, 0.2) is 29.3 Å². The Morgan fingerprint density at radius 2 is 2.00 bits per heavy atom. The van der Waals surface area contributed by atoms with Gasteiger partial charge in [-0.3, -0.25) is 10.5 Å². The predicted molar refractivity (Wildman–Crippen MR) is 127 cm³/mol. The van der Waals surface area contributed by atoms with Crippen molar-refractivity contribution < 1.29 is 18.3 Å². The maximum Gasteiger partial charge on any atom is 0.282 e. The van der Waals surface area contributed by atoms with Gasteiger partial charge in [0, 0.05) is 43.4 Å². The summed E-state index contributed by atoms with van der Waals surface area (Å²) in [6, 6.07) is 7.52. The first-order valence-corrected chi connectivity index (χ1v) is 13.3. The monoisotopic (exact) mass is 494 g/mol. The van der Waals surface area contributed by atoms with Crippen molar-refractivity contribution in [3.63, 3.8) is 0 Å². The molecule has 3 heterocycles. The molecule has 180 valence electrons. The van der Waals surface area contributed by atoms with E-state index in [2.05, 4.69) is 10.2 Å². The summed E-state index contributed by atoms with van der Waals surface area (Å²) in [5.41, 5.74) is 8.02. The number of methoxy groups -OCH3 is 1. The van der Waals surface area contributed by atoms with Crippen molar-refractivity contribution in [3.8, 4) is 5.75 Å². The number of aromatic nitrogens is 2. The molecule has 10 nitrogen and oxygen atoms in total. The molecule has 12 heteroatoms. The number of rotatable bonds is 8. The van der Waals surface area contributed by atoms with Gasteiger partial charge in [-0.15, -0.1) is 0 Å². The van der Waals surface area contributed by atoms with Crippen molar-refractivity contribution in [1.29, 1.82) is 5.41 Å². The molecule has 0 spiro atoms. The first-order chi connectivity index (χ1) is 15.8. The third-order valence-electron chi connectivity index (χ3n) is 6.12. The van der Waals surface area contributed by atoms with Crippen LogP contribution in [0.1, 0.15) is 42.0 Å². The number of nitrogens with two attached hydrogens (primary N) is 1. The molecule has 33 heavy (non-hydrogen) atoms. The Morgan fingerprint density at radius 1 is 1.27 bits per heavy atom. The Labute approximate surface area is 198 Å². The predicted octanol–water partition coefficient (Wildman–Crippen LogP) is 1.49. The number of aliphatic hydroxyl groups is 1. The Bertz CT molecular complexity index is 1090. The van der Waals surface area contributed by atoms with Crippen molar-refractivity contribution in [3.05, 3.63) is 41.1 Å². The van der Waals surface area contributed by atoms with Gasteiger partial charge >= 0.3 is 0 Å². The molecule has 0 bridgehead atoms. The molecular weight excluding hydrogens is 464 g/mol. The molecule has 1 aromatic carbocycles. The molecule has 2 atom stereocenters. The summed E-state index contributed by atoms with van der Waals surface area (Å²) < 4.78 is 34.7. The van der Waals surface area contributed by atoms with Gasteiger partial charge in [0.2, 0.25) is 0 Å². The number of ether oxygens (including phenoxy) is 1. The summed E-state index contributed by atoms with van der Waals surface area (Å²) in [6.45, 7) is 1.32. The number of H-pyrrole nitrogens is 1. The molecular formula is C21H30N6O4S2. The van der Waals surface area contributed by atoms with E-state index in [-0.39, 0.29) is 18.3 Å². The van der Waals surface area contributed by atoms with Crippen LogP contribution in [-0.4, -0.2) is 77.6 Å². The third-order valence-corrected chi connectivity index (χ3v) is 9.13. The van der Waals surface area contributed by atoms with Crippen LogP contribution in [-0.2, 0) is 16.0 Å². The average molecular weight is 495 g/mol. The van der Waals surface area contributed by atoms with Crippen molar-refractivity contribution in [1.82, 2.24) is 18.8 Å². The molecule has 2 fully saturated rings. The van der Waals surface area contributed by atoms with Gasteiger partial charge in [0.05, 0.1) is 13.2 Å². The number of nitrogen functional groups attached to an aromatic ring is 1. The van der Waals surface area contributed by atoms with Gasteiger partial charge in [0.25, 0.3) is 10.2 Å². The molecule has 2 saturated heterocycles. The van der Waals surface area contributed by atoms with Crippen LogP contribution in [0.2, 0.25) is 0 Å². The fourth-order valence-electron chi connectivity index (χ4n) is 4.30. The van der Waals surface area contributed by atoms with Crippen molar-refractivity contribution in [2.75, 3.05) is 33.3 Å². The smallest absolute Gasteiger partial charge is 0.282 e. The molecule has 0 aliphatic carbocycles. The number of hydrogen-bond acceptors (Lipinski definition) is 7. The highest BCUT2D eigenvalue weighted by Crippen LogP contribution is 2.39. The molecule has 0 saturated carbocycles. The van der Waals surface area contributed by atoms with E-state index in [0.29, 0.717) is 43.1 Å². The van der Waals surface area contributed by atoms with Gasteiger partial charge in [-0.1, -0.05) is 36.0 Å². The average Bonchev–Trinajstić information content (AvgIpc) is 3.44. The van der Waals surface area contributed by atoms with E-state index in [9.17, 15) is 13.5 Å². The van der Waals surface area contributed by atoms with Crippen LogP contribution in [0.4, 0.5) is 0 Å². The number of nitrogens with one attached hydrogen (secondary N) is 2. The zero-order valence-corrected chi connectivity index (χ0v) is 20.2. The van der Waals surface area contributed by atoms with Crippen molar-refractivity contribution in [2.45, 2.75) is 42.1 Å². The lowest BCUT2D eigenvalue weighted by Gasteiger charge is -2.33. The minimum Gasteiger partial charge on any atom is -0.492 e. The van der Waals surface area contributed by atoms with Gasteiger partial charge < -0.3 is 15.6 Å². The molecule has 1 aromatic heterocycles. The normalized spacial score (nSPS) is 22.5. The molecule has 5 N–H and O–H groups in total. The lowest BCUT2D eigenvalue weighted by Crippen LogP contribution is -2.47. The Kier molecular flexibility index (Phi) is 7.29. The maximum absolute atomic E-state index is 13.1. The molecule has 2 aromatic rings. The van der Waals surface area contributed by atoms with Crippen LogP contribution in [0.3, 0.4) is 0 Å². The highest BCUT2D eigenvalue weighted by Gasteiger charge is 2.38. The number of nitrogens with zero attached hydrogens (tertiary/aromatic N) is 3. The van der Waals surface area contributed by atoms with Gasteiger partial charge in [-0.25, -0.2) is 0 Å². The Morgan fingerprint density at radius 3 is 2.64 bits per heavy atom. The molecule has 2 aliphatic rings. The van der Waals surface area contributed by atoms with Crippen molar-refractivity contribution in [2.24, 2.45) is 5.73 Å². The number of aliphatic hydroxyl groups excluding tert-OH is 1. The van der Waals surface area contributed by atoms with E-state index >= 15 is 0 Å². The largest absolute Gasteiger partial charge is 0.492 e. The standard InChI is InChI=1S/C21H30N6O4S2/c1-31-19-18(24-25-21(19)32-13-14-4-6-15(7-5-14)20(22)23)16-3-2-9-26(11-16)33(29,30)27-10-8-17(28)12-27/h4-7,16-17,28H,2-3,8-13H2,1H3,(H3,22,23)(H,24,25). The SMILES string of the molecule is COc1c(C2CCCN(S(=O)(=O)N3CCC(O)C3)C2)n[nH]c1SCc1ccc(C(=N)N)cc1. The number of thioether (sulfide) groups is 1. The van der Waals surface area contributed by atoms with Gasteiger partial charge in [0.1, 0.15) is 16.6 Å². The first kappa shape index (κ1) is 24.0. The quantitative estimate of drug-likeness (QED) is 0.247. The highest BCUT2D eigenvalue weighted by molar-refractivity contribution is 7.98. The van der Waals surface area contributed by atoms with E-state index in [1.165, 1.54) is 8.61 Å². The second-order valence-corrected chi connectivity index (χ2v) is 11.3. The minimum atomic E-state index is -3.61. The summed E-state index contributed by atoms with van der Waals surface area (Å²) >= 11 is 1.55. The highest BCUT2D eigenvalue weighted by atomic mass is 32.2. The van der Waals surface area contributed by atoms with Crippen LogP contribution >= 0.6 is 11.8 Å². The minimum absolute atomic E-state index is 0.0403. The number of β-amino-alcohol motifs (C(OH)–C–C–N with tert-alkyl or cyclic N) is 1. The van der Waals surface area contributed by atoms with Crippen LogP contribution < -0.4 is 10.5 Å². The van der Waals surface area contributed by atoms with Crippen molar-refractivity contribution >= 4 is 27.8 Å². The second-order valence-electron chi connectivity index (χ2n) is 8.38. The fraction of sp³-hybridized carbons (Fsp3) is 0.524. The van der Waals surface area contributed by atoms with E-state index in [4.69, 9.17) is 15.9 Å². The number of benzene rings is 1. The van der Waals surface area contributed by atoms with Crippen LogP contribution in [0, 0.1) is 5.41 Å². The number of piperidine rings is 1. The summed E-state index contributed by atoms with van der Waals surface area (Å²) in [4.78, 5) is 0. The molecule has 2 unspecified atom stereocenters. The molecule has 2 aliphatic heterocycles. The lowest BCUT2D eigenvalue weighted by atomic mass is 9.96. The zero-order valence-electron chi connectivity index (χ0n) is 18.5. The second kappa shape index (κ2) is 10.0. The number of hydrogen-bond donors (Lipinski definition) is 4. The maximum atomic E-state index is 13.1. The zero-order chi connectivity index (χ0) is 23.6. The Balaban J connectivity index is 1.45. The van der Waals surface area contributed by atoms with E-state index in [0.717, 1.165) is 29.1 Å². The summed E-state index contributed by atoms with van der Waals surface area (Å²) in [6.07, 6.45) is 1.44. The Hall–Kier alpha value is -2.12. The molecule has 0 amide bonds. The van der Waals surface area contributed by atoms with Gasteiger partial charge in [0.15, 0.2) is 5.75 Å². The van der Waals surface area contributed by atoms with Gasteiger partial charge in [-0.2, -0.15) is 22.1 Å².